The zero-order valence-corrected chi connectivity index (χ0v) is 13.5. The van der Waals surface area contributed by atoms with Gasteiger partial charge in [-0.3, -0.25) is 4.79 Å². The Labute approximate surface area is 140 Å². The molecule has 0 saturated carbocycles. The largest absolute Gasteiger partial charge is 0.372 e. The molecule has 0 aliphatic carbocycles. The van der Waals surface area contributed by atoms with Crippen LogP contribution in [-0.2, 0) is 0 Å². The fraction of sp³-hybridized carbons (Fsp3) is 0.222. The summed E-state index contributed by atoms with van der Waals surface area (Å²) in [4.78, 5) is 14.5. The molecule has 23 heavy (non-hydrogen) atoms. The molecule has 0 bridgehead atoms. The molecule has 1 N–H and O–H groups in total. The smallest absolute Gasteiger partial charge is 0.271 e. The number of hydrazone groups is 1. The van der Waals surface area contributed by atoms with Crippen LogP contribution >= 0.6 is 11.6 Å². The number of amides is 1. The van der Waals surface area contributed by atoms with Crippen LogP contribution in [0.25, 0.3) is 0 Å². The number of halogens is 1. The van der Waals surface area contributed by atoms with Crippen molar-refractivity contribution in [2.45, 2.75) is 12.8 Å². The molecule has 3 rings (SSSR count). The molecule has 2 aromatic carbocycles. The Hall–Kier alpha value is -2.33. The van der Waals surface area contributed by atoms with Gasteiger partial charge in [0, 0.05) is 34.9 Å². The van der Waals surface area contributed by atoms with Gasteiger partial charge in [0.2, 0.25) is 0 Å². The molecule has 1 saturated heterocycles. The van der Waals surface area contributed by atoms with Gasteiger partial charge in [-0.2, -0.15) is 5.10 Å². The van der Waals surface area contributed by atoms with Crippen LogP contribution in [0.15, 0.2) is 53.6 Å². The number of anilines is 1. The van der Waals surface area contributed by atoms with E-state index in [1.807, 2.05) is 36.4 Å². The lowest BCUT2D eigenvalue weighted by Crippen LogP contribution is -2.20. The molecule has 118 valence electrons. The van der Waals surface area contributed by atoms with Crippen molar-refractivity contribution in [3.63, 3.8) is 0 Å². The predicted molar refractivity (Wildman–Crippen MR) is 94.4 cm³/mol. The monoisotopic (exact) mass is 327 g/mol. The predicted octanol–water partition coefficient (Wildman–Crippen LogP) is 3.70. The van der Waals surface area contributed by atoms with Crippen LogP contribution in [0.5, 0.6) is 0 Å². The lowest BCUT2D eigenvalue weighted by molar-refractivity contribution is 0.0955. The van der Waals surface area contributed by atoms with Crippen molar-refractivity contribution in [1.29, 1.82) is 0 Å². The normalized spacial score (nSPS) is 14.4. The number of hydrogen-bond acceptors (Lipinski definition) is 3. The van der Waals surface area contributed by atoms with E-state index >= 15 is 0 Å². The first-order chi connectivity index (χ1) is 11.2. The van der Waals surface area contributed by atoms with E-state index in [2.05, 4.69) is 15.4 Å². The highest BCUT2D eigenvalue weighted by atomic mass is 35.5. The van der Waals surface area contributed by atoms with Crippen molar-refractivity contribution in [2.24, 2.45) is 5.10 Å². The maximum Gasteiger partial charge on any atom is 0.271 e. The highest BCUT2D eigenvalue weighted by Crippen LogP contribution is 2.21. The zero-order valence-electron chi connectivity index (χ0n) is 12.7. The summed E-state index contributed by atoms with van der Waals surface area (Å²) in [5.41, 5.74) is 5.00. The number of carbonyl (C=O) groups excluding carboxylic acids is 1. The fourth-order valence-electron chi connectivity index (χ4n) is 2.62. The molecule has 5 heteroatoms. The Morgan fingerprint density at radius 1 is 1.13 bits per heavy atom. The second-order valence-electron chi connectivity index (χ2n) is 5.47. The minimum absolute atomic E-state index is 0.227. The summed E-state index contributed by atoms with van der Waals surface area (Å²) < 4.78 is 0. The molecule has 1 aliphatic rings. The van der Waals surface area contributed by atoms with E-state index < -0.39 is 0 Å². The van der Waals surface area contributed by atoms with Crippen molar-refractivity contribution >= 4 is 29.4 Å². The van der Waals surface area contributed by atoms with Crippen LogP contribution in [0.1, 0.15) is 28.8 Å². The van der Waals surface area contributed by atoms with Crippen LogP contribution in [0, 0.1) is 0 Å². The molecule has 2 aromatic rings. The van der Waals surface area contributed by atoms with Gasteiger partial charge in [0.25, 0.3) is 5.91 Å². The van der Waals surface area contributed by atoms with Crippen LogP contribution in [-0.4, -0.2) is 25.2 Å². The Morgan fingerprint density at radius 2 is 1.91 bits per heavy atom. The van der Waals surface area contributed by atoms with Crippen molar-refractivity contribution in [2.75, 3.05) is 18.0 Å². The molecule has 4 nitrogen and oxygen atoms in total. The molecule has 0 atom stereocenters. The second-order valence-corrected chi connectivity index (χ2v) is 5.87. The number of benzene rings is 2. The minimum Gasteiger partial charge on any atom is -0.372 e. The van der Waals surface area contributed by atoms with E-state index in [4.69, 9.17) is 11.6 Å². The number of nitrogens with zero attached hydrogens (tertiary/aromatic N) is 2. The van der Waals surface area contributed by atoms with Crippen LogP contribution in [0.2, 0.25) is 5.02 Å². The van der Waals surface area contributed by atoms with E-state index in [0.29, 0.717) is 10.6 Å². The summed E-state index contributed by atoms with van der Waals surface area (Å²) in [5, 5.41) is 4.58. The molecular formula is C18H18ClN3O. The van der Waals surface area contributed by atoms with Crippen molar-refractivity contribution in [3.05, 3.63) is 64.7 Å². The molecule has 1 aliphatic heterocycles. The molecular weight excluding hydrogens is 310 g/mol. The molecule has 0 aromatic heterocycles. The van der Waals surface area contributed by atoms with Gasteiger partial charge in [-0.05, 0) is 37.1 Å². The minimum atomic E-state index is -0.227. The second kappa shape index (κ2) is 7.29. The van der Waals surface area contributed by atoms with Crippen LogP contribution < -0.4 is 10.3 Å². The summed E-state index contributed by atoms with van der Waals surface area (Å²) in [6, 6.07) is 15.0. The van der Waals surface area contributed by atoms with Crippen LogP contribution in [0.3, 0.4) is 0 Å². The van der Waals surface area contributed by atoms with Gasteiger partial charge in [-0.25, -0.2) is 5.43 Å². The van der Waals surface area contributed by atoms with E-state index in [0.717, 1.165) is 24.3 Å². The van der Waals surface area contributed by atoms with Gasteiger partial charge in [0.1, 0.15) is 0 Å². The SMILES string of the molecule is O=C(NN=Cc1ccccc1Cl)c1cccc(N2CCCC2)c1. The molecule has 0 radical (unpaired) electrons. The molecule has 1 fully saturated rings. The first-order valence-electron chi connectivity index (χ1n) is 7.67. The zero-order chi connectivity index (χ0) is 16.1. The van der Waals surface area contributed by atoms with Gasteiger partial charge in [0.15, 0.2) is 0 Å². The molecule has 1 amide bonds. The molecule has 1 heterocycles. The average molecular weight is 328 g/mol. The van der Waals surface area contributed by atoms with Gasteiger partial charge in [0.05, 0.1) is 6.21 Å². The van der Waals surface area contributed by atoms with E-state index in [1.165, 1.54) is 12.8 Å². The van der Waals surface area contributed by atoms with Gasteiger partial charge >= 0.3 is 0 Å². The average Bonchev–Trinajstić information content (AvgIpc) is 3.11. The van der Waals surface area contributed by atoms with Crippen LogP contribution in [0.4, 0.5) is 5.69 Å². The number of hydrogen-bond donors (Lipinski definition) is 1. The van der Waals surface area contributed by atoms with E-state index in [1.54, 1.807) is 18.3 Å². The Bertz CT molecular complexity index is 724. The summed E-state index contributed by atoms with van der Waals surface area (Å²) in [6.45, 7) is 2.10. The first kappa shape index (κ1) is 15.6. The summed E-state index contributed by atoms with van der Waals surface area (Å²) in [6.07, 6.45) is 3.96. The Kier molecular flexibility index (Phi) is 4.93. The van der Waals surface area contributed by atoms with Gasteiger partial charge in [-0.1, -0.05) is 35.9 Å². The first-order valence-corrected chi connectivity index (χ1v) is 8.05. The highest BCUT2D eigenvalue weighted by Gasteiger charge is 2.13. The molecule has 0 spiro atoms. The Morgan fingerprint density at radius 3 is 2.70 bits per heavy atom. The maximum absolute atomic E-state index is 12.2. The topological polar surface area (TPSA) is 44.7 Å². The van der Waals surface area contributed by atoms with Crippen molar-refractivity contribution < 1.29 is 4.79 Å². The van der Waals surface area contributed by atoms with Gasteiger partial charge < -0.3 is 4.90 Å². The quantitative estimate of drug-likeness (QED) is 0.687. The highest BCUT2D eigenvalue weighted by molar-refractivity contribution is 6.33. The third kappa shape index (κ3) is 3.90. The standard InChI is InChI=1S/C18H18ClN3O/c19-17-9-2-1-6-15(17)13-20-21-18(23)14-7-5-8-16(12-14)22-10-3-4-11-22/h1-2,5-9,12-13H,3-4,10-11H2,(H,21,23). The lowest BCUT2D eigenvalue weighted by Gasteiger charge is -2.17. The maximum atomic E-state index is 12.2. The van der Waals surface area contributed by atoms with E-state index in [9.17, 15) is 4.79 Å². The van der Waals surface area contributed by atoms with Gasteiger partial charge in [-0.15, -0.1) is 0 Å². The Balaban J connectivity index is 1.66. The third-order valence-corrected chi connectivity index (χ3v) is 4.20. The number of carbonyl (C=O) groups is 1. The lowest BCUT2D eigenvalue weighted by atomic mass is 10.2. The van der Waals surface area contributed by atoms with Crippen molar-refractivity contribution in [3.8, 4) is 0 Å². The summed E-state index contributed by atoms with van der Waals surface area (Å²) >= 11 is 6.04. The third-order valence-electron chi connectivity index (χ3n) is 3.85. The van der Waals surface area contributed by atoms with E-state index in [-0.39, 0.29) is 5.91 Å². The summed E-state index contributed by atoms with van der Waals surface area (Å²) in [5.74, 6) is -0.227. The number of rotatable bonds is 4. The molecule has 0 unspecified atom stereocenters. The summed E-state index contributed by atoms with van der Waals surface area (Å²) in [7, 11) is 0. The van der Waals surface area contributed by atoms with Crippen molar-refractivity contribution in [1.82, 2.24) is 5.43 Å². The fourth-order valence-corrected chi connectivity index (χ4v) is 2.81. The number of nitrogens with one attached hydrogen (secondary N) is 1.